The van der Waals surface area contributed by atoms with Crippen LogP contribution < -0.4 is 15.4 Å². The zero-order valence-electron chi connectivity index (χ0n) is 15.0. The van der Waals surface area contributed by atoms with Crippen LogP contribution in [0.4, 0.5) is 5.69 Å². The van der Waals surface area contributed by atoms with E-state index in [2.05, 4.69) is 27.6 Å². The third kappa shape index (κ3) is 6.34. The van der Waals surface area contributed by atoms with Crippen molar-refractivity contribution in [2.45, 2.75) is 51.2 Å². The minimum atomic E-state index is -0.521. The molecule has 0 aliphatic carbocycles. The monoisotopic (exact) mass is 348 g/mol. The zero-order valence-corrected chi connectivity index (χ0v) is 15.0. The number of anilines is 1. The smallest absolute Gasteiger partial charge is 0.246 e. The van der Waals surface area contributed by atoms with Gasteiger partial charge >= 0.3 is 0 Å². The molecular formula is C18H28N4O3. The maximum atomic E-state index is 12.2. The minimum Gasteiger partial charge on any atom is -0.474 e. The van der Waals surface area contributed by atoms with Crippen LogP contribution in [-0.2, 0) is 9.59 Å². The van der Waals surface area contributed by atoms with E-state index in [1.165, 1.54) is 0 Å². The highest BCUT2D eigenvalue weighted by Crippen LogP contribution is 2.18. The Kier molecular flexibility index (Phi) is 7.66. The molecule has 2 rings (SSSR count). The summed E-state index contributed by atoms with van der Waals surface area (Å²) in [5.41, 5.74) is 0.593. The first-order valence-corrected chi connectivity index (χ1v) is 8.94. The Balaban J connectivity index is 1.86. The Morgan fingerprint density at radius 3 is 2.80 bits per heavy atom. The number of hydrogen-bond donors (Lipinski definition) is 2. The van der Waals surface area contributed by atoms with Crippen molar-refractivity contribution in [1.29, 1.82) is 0 Å². The fourth-order valence-electron chi connectivity index (χ4n) is 2.81. The van der Waals surface area contributed by atoms with Gasteiger partial charge in [-0.2, -0.15) is 0 Å². The van der Waals surface area contributed by atoms with E-state index in [1.54, 1.807) is 18.3 Å². The van der Waals surface area contributed by atoms with Crippen molar-refractivity contribution in [2.75, 3.05) is 25.5 Å². The molecule has 1 aliphatic rings. The van der Waals surface area contributed by atoms with Crippen molar-refractivity contribution in [3.05, 3.63) is 18.3 Å². The maximum absolute atomic E-state index is 12.2. The fraction of sp³-hybridized carbons (Fsp3) is 0.611. The molecule has 1 unspecified atom stereocenters. The molecule has 7 nitrogen and oxygen atoms in total. The first kappa shape index (κ1) is 19.2. The third-order valence-electron chi connectivity index (χ3n) is 4.39. The van der Waals surface area contributed by atoms with Gasteiger partial charge in [-0.25, -0.2) is 4.98 Å². The van der Waals surface area contributed by atoms with Gasteiger partial charge in [0.2, 0.25) is 18.2 Å². The highest BCUT2D eigenvalue weighted by atomic mass is 16.5. The predicted molar refractivity (Wildman–Crippen MR) is 96.5 cm³/mol. The van der Waals surface area contributed by atoms with E-state index in [-0.39, 0.29) is 12.0 Å². The van der Waals surface area contributed by atoms with Gasteiger partial charge < -0.3 is 20.3 Å². The molecule has 0 spiro atoms. The van der Waals surface area contributed by atoms with E-state index in [0.29, 0.717) is 24.4 Å². The van der Waals surface area contributed by atoms with Crippen molar-refractivity contribution in [1.82, 2.24) is 15.2 Å². The minimum absolute atomic E-state index is 0.194. The maximum Gasteiger partial charge on any atom is 0.246 e. The van der Waals surface area contributed by atoms with Gasteiger partial charge in [-0.1, -0.05) is 19.8 Å². The van der Waals surface area contributed by atoms with Crippen LogP contribution >= 0.6 is 0 Å². The average molecular weight is 348 g/mol. The number of carbonyl (C=O) groups excluding carboxylic acids is 2. The topological polar surface area (TPSA) is 83.6 Å². The molecule has 0 bridgehead atoms. The molecule has 7 heteroatoms. The molecular weight excluding hydrogens is 320 g/mol. The summed E-state index contributed by atoms with van der Waals surface area (Å²) < 4.78 is 5.89. The van der Waals surface area contributed by atoms with Gasteiger partial charge in [0.15, 0.2) is 0 Å². The number of likely N-dealkylation sites (tertiary alicyclic amines) is 1. The molecule has 138 valence electrons. The molecule has 0 radical (unpaired) electrons. The summed E-state index contributed by atoms with van der Waals surface area (Å²) in [7, 11) is 2.11. The lowest BCUT2D eigenvalue weighted by atomic mass is 10.1. The summed E-state index contributed by atoms with van der Waals surface area (Å²) in [4.78, 5) is 29.5. The van der Waals surface area contributed by atoms with E-state index in [0.717, 1.165) is 38.8 Å². The molecule has 1 aromatic rings. The van der Waals surface area contributed by atoms with Gasteiger partial charge in [-0.3, -0.25) is 9.59 Å². The molecule has 1 fully saturated rings. The number of nitrogens with zero attached hydrogens (tertiary/aromatic N) is 2. The van der Waals surface area contributed by atoms with Gasteiger partial charge in [-0.15, -0.1) is 0 Å². The lowest BCUT2D eigenvalue weighted by Crippen LogP contribution is -2.39. The van der Waals surface area contributed by atoms with Gasteiger partial charge in [0.1, 0.15) is 12.1 Å². The van der Waals surface area contributed by atoms with Crippen molar-refractivity contribution in [3.8, 4) is 5.88 Å². The second-order valence-electron chi connectivity index (χ2n) is 6.47. The van der Waals surface area contributed by atoms with Gasteiger partial charge in [0, 0.05) is 19.2 Å². The van der Waals surface area contributed by atoms with E-state index in [4.69, 9.17) is 4.74 Å². The molecule has 1 atom stereocenters. The van der Waals surface area contributed by atoms with E-state index >= 15 is 0 Å². The van der Waals surface area contributed by atoms with Crippen molar-refractivity contribution < 1.29 is 14.3 Å². The number of hydrogen-bond acceptors (Lipinski definition) is 5. The Labute approximate surface area is 149 Å². The molecule has 2 heterocycles. The van der Waals surface area contributed by atoms with Gasteiger partial charge in [0.05, 0.1) is 11.9 Å². The normalized spacial score (nSPS) is 16.9. The SMILES string of the molecule is CCCCC(NC=O)C(=O)Nc1ccc(OC2CCN(C)CC2)nc1. The zero-order chi connectivity index (χ0) is 18.1. The Morgan fingerprint density at radius 2 is 2.20 bits per heavy atom. The molecule has 2 N–H and O–H groups in total. The Morgan fingerprint density at radius 1 is 1.44 bits per heavy atom. The number of nitrogens with one attached hydrogen (secondary N) is 2. The largest absolute Gasteiger partial charge is 0.474 e. The van der Waals surface area contributed by atoms with Gasteiger partial charge in [0.25, 0.3) is 0 Å². The van der Waals surface area contributed by atoms with Gasteiger partial charge in [-0.05, 0) is 32.4 Å². The van der Waals surface area contributed by atoms with E-state index < -0.39 is 6.04 Å². The van der Waals surface area contributed by atoms with Crippen molar-refractivity contribution in [2.24, 2.45) is 0 Å². The summed E-state index contributed by atoms with van der Waals surface area (Å²) in [6.07, 6.45) is 6.79. The van der Waals surface area contributed by atoms with Crippen LogP contribution in [0.5, 0.6) is 5.88 Å². The molecule has 1 aliphatic heterocycles. The predicted octanol–water partition coefficient (Wildman–Crippen LogP) is 1.80. The third-order valence-corrected chi connectivity index (χ3v) is 4.39. The fourth-order valence-corrected chi connectivity index (χ4v) is 2.81. The molecule has 1 aromatic heterocycles. The summed E-state index contributed by atoms with van der Waals surface area (Å²) in [5, 5.41) is 5.35. The Bertz CT molecular complexity index is 542. The van der Waals surface area contributed by atoms with Crippen LogP contribution in [0.15, 0.2) is 18.3 Å². The van der Waals surface area contributed by atoms with Crippen LogP contribution in [0, 0.1) is 0 Å². The number of piperidine rings is 1. The molecule has 0 saturated carbocycles. The van der Waals surface area contributed by atoms with Crippen LogP contribution in [0.1, 0.15) is 39.0 Å². The standard InChI is InChI=1S/C18H28N4O3/c1-3-4-5-16(20-13-23)18(24)21-14-6-7-17(19-12-14)25-15-8-10-22(2)11-9-15/h6-7,12-13,15-16H,3-5,8-11H2,1-2H3,(H,20,23)(H,21,24). The summed E-state index contributed by atoms with van der Waals surface area (Å²) >= 11 is 0. The molecule has 0 aromatic carbocycles. The lowest BCUT2D eigenvalue weighted by molar-refractivity contribution is -0.121. The molecule has 2 amide bonds. The summed E-state index contributed by atoms with van der Waals surface area (Å²) in [6, 6.07) is 3.02. The number of aromatic nitrogens is 1. The van der Waals surface area contributed by atoms with Crippen molar-refractivity contribution in [3.63, 3.8) is 0 Å². The van der Waals surface area contributed by atoms with Crippen LogP contribution in [0.3, 0.4) is 0 Å². The van der Waals surface area contributed by atoms with Crippen LogP contribution in [0.2, 0.25) is 0 Å². The number of amides is 2. The summed E-state index contributed by atoms with van der Waals surface area (Å²) in [6.45, 7) is 4.10. The number of rotatable bonds is 9. The number of carbonyl (C=O) groups is 2. The summed E-state index contributed by atoms with van der Waals surface area (Å²) in [5.74, 6) is 0.340. The first-order valence-electron chi connectivity index (χ1n) is 8.94. The first-order chi connectivity index (χ1) is 12.1. The van der Waals surface area contributed by atoms with E-state index in [9.17, 15) is 9.59 Å². The second-order valence-corrected chi connectivity index (χ2v) is 6.47. The van der Waals surface area contributed by atoms with Crippen LogP contribution in [-0.4, -0.2) is 54.5 Å². The van der Waals surface area contributed by atoms with Crippen molar-refractivity contribution >= 4 is 18.0 Å². The highest BCUT2D eigenvalue weighted by Gasteiger charge is 2.19. The number of pyridine rings is 1. The molecule has 25 heavy (non-hydrogen) atoms. The lowest BCUT2D eigenvalue weighted by Gasteiger charge is -2.28. The second kappa shape index (κ2) is 9.98. The quantitative estimate of drug-likeness (QED) is 0.665. The Hall–Kier alpha value is -2.15. The molecule has 1 saturated heterocycles. The van der Waals surface area contributed by atoms with E-state index in [1.807, 2.05) is 6.92 Å². The van der Waals surface area contributed by atoms with Crippen LogP contribution in [0.25, 0.3) is 0 Å². The average Bonchev–Trinajstić information content (AvgIpc) is 2.62. The number of ether oxygens (including phenoxy) is 1. The highest BCUT2D eigenvalue weighted by molar-refractivity contribution is 5.95. The number of unbranched alkanes of at least 4 members (excludes halogenated alkanes) is 1.